The van der Waals surface area contributed by atoms with Crippen LogP contribution in [-0.2, 0) is 13.2 Å². The Balaban J connectivity index is 0.00000264. The minimum Gasteiger partial charge on any atom is -0.369 e. The largest absolute Gasteiger partial charge is 0.417 e. The highest BCUT2D eigenvalue weighted by Gasteiger charge is 2.33. The lowest BCUT2D eigenvalue weighted by atomic mass is 10.0. The highest BCUT2D eigenvalue weighted by atomic mass is 35.5. The molecule has 0 aliphatic heterocycles. The van der Waals surface area contributed by atoms with Gasteiger partial charge in [-0.1, -0.05) is 18.2 Å². The number of hydrogen-bond donors (Lipinski definition) is 2. The lowest BCUT2D eigenvalue weighted by molar-refractivity contribution is -0.137. The molecule has 5 nitrogen and oxygen atoms in total. The van der Waals surface area contributed by atoms with Crippen molar-refractivity contribution in [2.45, 2.75) is 6.18 Å². The van der Waals surface area contributed by atoms with Gasteiger partial charge in [0.05, 0.1) is 17.5 Å². The molecule has 0 aliphatic carbocycles. The number of aromatic nitrogens is 1. The highest BCUT2D eigenvalue weighted by Crippen LogP contribution is 2.37. The number of nitrogens with zero attached hydrogens (tertiary/aromatic N) is 3. The fraction of sp³-hybridized carbons (Fsp3) is 0.143. The lowest BCUT2D eigenvalue weighted by Gasteiger charge is -2.13. The van der Waals surface area contributed by atoms with E-state index in [0.29, 0.717) is 11.4 Å². The molecule has 1 aromatic heterocycles. The summed E-state index contributed by atoms with van der Waals surface area (Å²) in [5.74, 6) is -0.201. The van der Waals surface area contributed by atoms with Gasteiger partial charge in [-0.25, -0.2) is 0 Å². The van der Waals surface area contributed by atoms with E-state index in [-0.39, 0.29) is 23.9 Å². The van der Waals surface area contributed by atoms with Crippen molar-refractivity contribution in [2.24, 2.45) is 28.7 Å². The van der Waals surface area contributed by atoms with E-state index >= 15 is 0 Å². The fourth-order valence-corrected chi connectivity index (χ4v) is 2.04. The molecule has 0 aliphatic rings. The van der Waals surface area contributed by atoms with Crippen LogP contribution in [0.15, 0.2) is 46.6 Å². The van der Waals surface area contributed by atoms with E-state index in [9.17, 15) is 13.2 Å². The van der Waals surface area contributed by atoms with Gasteiger partial charge < -0.3 is 16.0 Å². The van der Waals surface area contributed by atoms with Crippen molar-refractivity contribution >= 4 is 24.6 Å². The minimum atomic E-state index is -4.42. The summed E-state index contributed by atoms with van der Waals surface area (Å²) in [7, 11) is 1.64. The van der Waals surface area contributed by atoms with Crippen LogP contribution < -0.4 is 11.5 Å². The van der Waals surface area contributed by atoms with Crippen molar-refractivity contribution in [1.82, 2.24) is 4.57 Å². The first kappa shape index (κ1) is 18.6. The summed E-state index contributed by atoms with van der Waals surface area (Å²) in [4.78, 5) is 0. The molecule has 4 N–H and O–H groups in total. The number of rotatable bonds is 3. The van der Waals surface area contributed by atoms with Gasteiger partial charge in [-0.2, -0.15) is 18.3 Å². The van der Waals surface area contributed by atoms with E-state index in [1.165, 1.54) is 18.3 Å². The molecule has 0 fully saturated rings. The maximum Gasteiger partial charge on any atom is 0.417 e. The molecule has 0 spiro atoms. The summed E-state index contributed by atoms with van der Waals surface area (Å²) in [5.41, 5.74) is 10.7. The topological polar surface area (TPSA) is 81.7 Å². The van der Waals surface area contributed by atoms with Gasteiger partial charge in [0.25, 0.3) is 0 Å². The first-order chi connectivity index (χ1) is 10.3. The average Bonchev–Trinajstić information content (AvgIpc) is 2.79. The smallest absolute Gasteiger partial charge is 0.369 e. The van der Waals surface area contributed by atoms with Crippen LogP contribution in [-0.4, -0.2) is 16.7 Å². The second-order valence-electron chi connectivity index (χ2n) is 4.52. The Bertz CT molecular complexity index is 730. The second kappa shape index (κ2) is 7.19. The van der Waals surface area contributed by atoms with Crippen LogP contribution in [0.2, 0.25) is 0 Å². The predicted molar refractivity (Wildman–Crippen MR) is 86.5 cm³/mol. The Hall–Kier alpha value is -2.48. The van der Waals surface area contributed by atoms with Gasteiger partial charge in [-0.3, -0.25) is 0 Å². The molecule has 0 radical (unpaired) electrons. The van der Waals surface area contributed by atoms with Gasteiger partial charge >= 0.3 is 6.18 Å². The molecule has 0 unspecified atom stereocenters. The van der Waals surface area contributed by atoms with Crippen molar-refractivity contribution in [3.63, 3.8) is 0 Å². The van der Waals surface area contributed by atoms with Crippen molar-refractivity contribution in [3.05, 3.63) is 47.7 Å². The molecule has 9 heteroatoms. The third-order valence-corrected chi connectivity index (χ3v) is 3.03. The molecule has 0 saturated carbocycles. The van der Waals surface area contributed by atoms with Gasteiger partial charge in [0.1, 0.15) is 0 Å². The van der Waals surface area contributed by atoms with Crippen molar-refractivity contribution < 1.29 is 13.2 Å². The average molecular weight is 346 g/mol. The first-order valence-electron chi connectivity index (χ1n) is 6.25. The van der Waals surface area contributed by atoms with Crippen LogP contribution in [0, 0.1) is 0 Å². The number of guanidine groups is 1. The maximum absolute atomic E-state index is 13.1. The molecule has 0 bridgehead atoms. The Morgan fingerprint density at radius 3 is 2.39 bits per heavy atom. The number of hydrogen-bond acceptors (Lipinski definition) is 2. The summed E-state index contributed by atoms with van der Waals surface area (Å²) in [6.45, 7) is 0. The SMILES string of the molecule is Cl.Cn1c(/C=N/N=C(N)N)ccc1-c1ccccc1C(F)(F)F. The van der Waals surface area contributed by atoms with Crippen LogP contribution in [0.4, 0.5) is 13.2 Å². The number of alkyl halides is 3. The Kier molecular flexibility index (Phi) is 5.80. The summed E-state index contributed by atoms with van der Waals surface area (Å²) in [6.07, 6.45) is -3.06. The standard InChI is InChI=1S/C14H14F3N5.ClH/c1-22-9(8-20-21-13(18)19)6-7-12(22)10-4-2-3-5-11(10)14(15,16)17;/h2-8H,1H3,(H4,18,19,21);1H/b20-8+;. The second-order valence-corrected chi connectivity index (χ2v) is 4.52. The lowest BCUT2D eigenvalue weighted by Crippen LogP contribution is -2.21. The zero-order chi connectivity index (χ0) is 16.3. The van der Waals surface area contributed by atoms with Crippen molar-refractivity contribution in [3.8, 4) is 11.3 Å². The third-order valence-electron chi connectivity index (χ3n) is 3.03. The van der Waals surface area contributed by atoms with E-state index in [0.717, 1.165) is 6.07 Å². The summed E-state index contributed by atoms with van der Waals surface area (Å²) >= 11 is 0. The molecule has 1 heterocycles. The summed E-state index contributed by atoms with van der Waals surface area (Å²) in [5, 5.41) is 7.10. The zero-order valence-electron chi connectivity index (χ0n) is 12.1. The van der Waals surface area contributed by atoms with Gasteiger partial charge in [0.2, 0.25) is 5.96 Å². The Morgan fingerprint density at radius 2 is 1.78 bits per heavy atom. The van der Waals surface area contributed by atoms with Gasteiger partial charge in [-0.05, 0) is 18.2 Å². The number of nitrogens with two attached hydrogens (primary N) is 2. The minimum absolute atomic E-state index is 0. The zero-order valence-corrected chi connectivity index (χ0v) is 12.9. The van der Waals surface area contributed by atoms with Crippen LogP contribution >= 0.6 is 12.4 Å². The number of halogens is 4. The first-order valence-corrected chi connectivity index (χ1v) is 6.25. The summed E-state index contributed by atoms with van der Waals surface area (Å²) < 4.78 is 40.8. The maximum atomic E-state index is 13.1. The van der Waals surface area contributed by atoms with E-state index in [1.54, 1.807) is 29.8 Å². The third kappa shape index (κ3) is 4.26. The number of benzene rings is 1. The molecule has 23 heavy (non-hydrogen) atoms. The van der Waals surface area contributed by atoms with Crippen LogP contribution in [0.5, 0.6) is 0 Å². The molecule has 0 amide bonds. The molecular formula is C14H15ClF3N5. The molecule has 2 rings (SSSR count). The Labute approximate surface area is 136 Å². The molecule has 2 aromatic rings. The highest BCUT2D eigenvalue weighted by molar-refractivity contribution is 5.85. The molecule has 0 atom stereocenters. The van der Waals surface area contributed by atoms with Crippen molar-refractivity contribution in [2.75, 3.05) is 0 Å². The molecular weight excluding hydrogens is 331 g/mol. The van der Waals surface area contributed by atoms with Gasteiger partial charge in [0, 0.05) is 18.3 Å². The molecule has 0 saturated heterocycles. The van der Waals surface area contributed by atoms with Crippen LogP contribution in [0.3, 0.4) is 0 Å². The predicted octanol–water partition coefficient (Wildman–Crippen LogP) is 2.74. The molecule has 124 valence electrons. The van der Waals surface area contributed by atoms with E-state index < -0.39 is 11.7 Å². The monoisotopic (exact) mass is 345 g/mol. The van der Waals surface area contributed by atoms with E-state index in [2.05, 4.69) is 10.2 Å². The van der Waals surface area contributed by atoms with E-state index in [4.69, 9.17) is 11.5 Å². The van der Waals surface area contributed by atoms with Gasteiger partial charge in [-0.15, -0.1) is 17.5 Å². The van der Waals surface area contributed by atoms with E-state index in [1.807, 2.05) is 0 Å². The normalized spacial score (nSPS) is 11.3. The molecule has 1 aromatic carbocycles. The van der Waals surface area contributed by atoms with Crippen molar-refractivity contribution in [1.29, 1.82) is 0 Å². The van der Waals surface area contributed by atoms with Crippen LogP contribution in [0.25, 0.3) is 11.3 Å². The van der Waals surface area contributed by atoms with Crippen LogP contribution in [0.1, 0.15) is 11.3 Å². The fourth-order valence-electron chi connectivity index (χ4n) is 2.04. The quantitative estimate of drug-likeness (QED) is 0.509. The summed E-state index contributed by atoms with van der Waals surface area (Å²) in [6, 6.07) is 8.61. The Morgan fingerprint density at radius 1 is 1.13 bits per heavy atom. The van der Waals surface area contributed by atoms with Gasteiger partial charge in [0.15, 0.2) is 0 Å².